The Kier molecular flexibility index (Phi) is 5.40. The number of amidine groups is 1. The molecule has 0 N–H and O–H groups in total. The van der Waals surface area contributed by atoms with Crippen LogP contribution in [0.2, 0.25) is 0 Å². The Morgan fingerprint density at radius 2 is 2.00 bits per heavy atom. The summed E-state index contributed by atoms with van der Waals surface area (Å²) in [6.45, 7) is 1.98. The van der Waals surface area contributed by atoms with Gasteiger partial charge in [-0.1, -0.05) is 53.7 Å². The molecular weight excluding hydrogens is 408 g/mol. The van der Waals surface area contributed by atoms with Gasteiger partial charge in [-0.05, 0) is 24.6 Å². The Hall–Kier alpha value is -2.32. The van der Waals surface area contributed by atoms with Crippen molar-refractivity contribution in [1.29, 1.82) is 0 Å². The molecule has 1 amide bonds. The first-order valence-electron chi connectivity index (χ1n) is 9.33. The third-order valence-corrected chi connectivity index (χ3v) is 8.28. The van der Waals surface area contributed by atoms with Gasteiger partial charge in [0.1, 0.15) is 5.75 Å². The molecule has 29 heavy (non-hydrogen) atoms. The second-order valence-corrected chi connectivity index (χ2v) is 10.7. The summed E-state index contributed by atoms with van der Waals surface area (Å²) in [5, 5.41) is 0.396. The molecule has 0 spiro atoms. The van der Waals surface area contributed by atoms with E-state index in [4.69, 9.17) is 4.74 Å². The van der Waals surface area contributed by atoms with Gasteiger partial charge < -0.3 is 9.64 Å². The number of thioether (sulfide) groups is 1. The minimum Gasteiger partial charge on any atom is -0.495 e. The summed E-state index contributed by atoms with van der Waals surface area (Å²) in [7, 11) is -1.54. The van der Waals surface area contributed by atoms with Crippen LogP contribution in [-0.4, -0.2) is 49.4 Å². The fourth-order valence-corrected chi connectivity index (χ4v) is 7.74. The molecule has 2 aliphatic rings. The van der Waals surface area contributed by atoms with E-state index in [1.807, 2.05) is 60.4 Å². The average molecular weight is 431 g/mol. The summed E-state index contributed by atoms with van der Waals surface area (Å²) < 4.78 is 29.9. The van der Waals surface area contributed by atoms with Crippen molar-refractivity contribution >= 4 is 38.4 Å². The van der Waals surface area contributed by atoms with Gasteiger partial charge in [0.15, 0.2) is 15.0 Å². The fourth-order valence-electron chi connectivity index (χ4n) is 3.82. The maximum absolute atomic E-state index is 12.7. The second-order valence-electron chi connectivity index (χ2n) is 7.30. The highest BCUT2D eigenvalue weighted by Gasteiger charge is 2.50. The summed E-state index contributed by atoms with van der Waals surface area (Å²) in [5.74, 6) is 0.519. The van der Waals surface area contributed by atoms with E-state index in [2.05, 4.69) is 4.99 Å². The normalized spacial score (nSPS) is 23.9. The number of rotatable bonds is 4. The van der Waals surface area contributed by atoms with E-state index in [0.29, 0.717) is 10.9 Å². The number of hydrogen-bond acceptors (Lipinski definition) is 5. The quantitative estimate of drug-likeness (QED) is 0.743. The Balaban J connectivity index is 1.68. The lowest BCUT2D eigenvalue weighted by Gasteiger charge is -2.26. The van der Waals surface area contributed by atoms with Crippen molar-refractivity contribution in [3.8, 4) is 5.75 Å². The van der Waals surface area contributed by atoms with Crippen molar-refractivity contribution in [1.82, 2.24) is 0 Å². The van der Waals surface area contributed by atoms with E-state index in [9.17, 15) is 13.2 Å². The highest BCUT2D eigenvalue weighted by molar-refractivity contribution is 8.16. The topological polar surface area (TPSA) is 76.0 Å². The van der Waals surface area contributed by atoms with E-state index in [1.165, 1.54) is 11.8 Å². The number of anilines is 1. The summed E-state index contributed by atoms with van der Waals surface area (Å²) in [6.07, 6.45) is 0.207. The smallest absolute Gasteiger partial charge is 0.252 e. The van der Waals surface area contributed by atoms with Gasteiger partial charge in [0.25, 0.3) is 5.91 Å². The molecule has 8 heteroatoms. The summed E-state index contributed by atoms with van der Waals surface area (Å²) in [4.78, 5) is 18.9. The van der Waals surface area contributed by atoms with E-state index in [1.54, 1.807) is 7.11 Å². The SMILES string of the molecule is COc1ccccc1N1C(=NC(=O)Cc2cccc(C)c2)SC2CS(=O)(=O)CC21. The van der Waals surface area contributed by atoms with Crippen LogP contribution in [0.25, 0.3) is 0 Å². The van der Waals surface area contributed by atoms with Gasteiger partial charge in [-0.3, -0.25) is 4.79 Å². The highest BCUT2D eigenvalue weighted by Crippen LogP contribution is 2.43. The number of ether oxygens (including phenoxy) is 1. The first-order chi connectivity index (χ1) is 13.9. The third-order valence-electron chi connectivity index (χ3n) is 5.07. The Bertz CT molecular complexity index is 1080. The van der Waals surface area contributed by atoms with Crippen LogP contribution in [-0.2, 0) is 21.1 Å². The number of benzene rings is 2. The lowest BCUT2D eigenvalue weighted by atomic mass is 10.1. The number of carbonyl (C=O) groups is 1. The molecule has 2 fully saturated rings. The predicted molar refractivity (Wildman–Crippen MR) is 117 cm³/mol. The number of sulfone groups is 1. The minimum absolute atomic E-state index is 0.0494. The first-order valence-corrected chi connectivity index (χ1v) is 12.0. The van der Waals surface area contributed by atoms with Crippen molar-refractivity contribution in [3.05, 3.63) is 59.7 Å². The number of methoxy groups -OCH3 is 1. The van der Waals surface area contributed by atoms with Gasteiger partial charge in [0.2, 0.25) is 0 Å². The molecule has 0 bridgehead atoms. The lowest BCUT2D eigenvalue weighted by Crippen LogP contribution is -2.38. The van der Waals surface area contributed by atoms with Crippen LogP contribution in [0.4, 0.5) is 5.69 Å². The molecular formula is C21H22N2O4S2. The van der Waals surface area contributed by atoms with Gasteiger partial charge >= 0.3 is 0 Å². The zero-order valence-electron chi connectivity index (χ0n) is 16.2. The standard InChI is InChI=1S/C21H22N2O4S2/c1-14-6-5-7-15(10-14)11-20(24)22-21-23(16-8-3-4-9-18(16)27-2)17-12-29(25,26)13-19(17)28-21/h3-10,17,19H,11-13H2,1-2H3. The van der Waals surface area contributed by atoms with E-state index in [-0.39, 0.29) is 35.1 Å². The molecule has 6 nitrogen and oxygen atoms in total. The molecule has 2 atom stereocenters. The zero-order chi connectivity index (χ0) is 20.6. The van der Waals surface area contributed by atoms with E-state index >= 15 is 0 Å². The molecule has 0 aromatic heterocycles. The zero-order valence-corrected chi connectivity index (χ0v) is 17.9. The van der Waals surface area contributed by atoms with Crippen LogP contribution in [0.5, 0.6) is 5.75 Å². The molecule has 2 aliphatic heterocycles. The molecule has 0 radical (unpaired) electrons. The van der Waals surface area contributed by atoms with Crippen molar-refractivity contribution < 1.29 is 17.9 Å². The maximum Gasteiger partial charge on any atom is 0.252 e. The number of aryl methyl sites for hydroxylation is 1. The number of hydrogen-bond donors (Lipinski definition) is 0. The highest BCUT2D eigenvalue weighted by atomic mass is 32.2. The van der Waals surface area contributed by atoms with Crippen LogP contribution < -0.4 is 9.64 Å². The number of nitrogens with zero attached hydrogens (tertiary/aromatic N) is 2. The van der Waals surface area contributed by atoms with Crippen molar-refractivity contribution in [2.75, 3.05) is 23.5 Å². The summed E-state index contributed by atoms with van der Waals surface area (Å²) >= 11 is 1.37. The van der Waals surface area contributed by atoms with Gasteiger partial charge in [-0.15, -0.1) is 0 Å². The third kappa shape index (κ3) is 4.18. The van der Waals surface area contributed by atoms with E-state index < -0.39 is 9.84 Å². The lowest BCUT2D eigenvalue weighted by molar-refractivity contribution is -0.117. The predicted octanol–water partition coefficient (Wildman–Crippen LogP) is 2.85. The monoisotopic (exact) mass is 430 g/mol. The van der Waals surface area contributed by atoms with Gasteiger partial charge in [0.05, 0.1) is 36.8 Å². The number of para-hydroxylation sites is 2. The van der Waals surface area contributed by atoms with Gasteiger partial charge in [0, 0.05) is 5.25 Å². The molecule has 152 valence electrons. The molecule has 2 unspecified atom stereocenters. The van der Waals surface area contributed by atoms with Crippen LogP contribution in [0.1, 0.15) is 11.1 Å². The summed E-state index contributed by atoms with van der Waals surface area (Å²) in [6, 6.07) is 14.9. The number of amides is 1. The molecule has 2 aromatic rings. The number of aliphatic imine (C=N–C) groups is 1. The van der Waals surface area contributed by atoms with Crippen LogP contribution >= 0.6 is 11.8 Å². The van der Waals surface area contributed by atoms with Gasteiger partial charge in [-0.2, -0.15) is 4.99 Å². The first kappa shape index (κ1) is 20.0. The largest absolute Gasteiger partial charge is 0.495 e. The molecule has 2 saturated heterocycles. The maximum atomic E-state index is 12.7. The Morgan fingerprint density at radius 3 is 2.76 bits per heavy atom. The van der Waals surface area contributed by atoms with Crippen molar-refractivity contribution in [2.24, 2.45) is 4.99 Å². The Labute approximate surface area is 174 Å². The number of fused-ring (bicyclic) bond motifs is 1. The van der Waals surface area contributed by atoms with Crippen molar-refractivity contribution in [3.63, 3.8) is 0 Å². The van der Waals surface area contributed by atoms with Crippen molar-refractivity contribution in [2.45, 2.75) is 24.6 Å². The Morgan fingerprint density at radius 1 is 1.21 bits per heavy atom. The summed E-state index contributed by atoms with van der Waals surface area (Å²) in [5.41, 5.74) is 2.73. The van der Waals surface area contributed by atoms with E-state index in [0.717, 1.165) is 16.8 Å². The fraction of sp³-hybridized carbons (Fsp3) is 0.333. The van der Waals surface area contributed by atoms with Crippen LogP contribution in [0.3, 0.4) is 0 Å². The molecule has 4 rings (SSSR count). The van der Waals surface area contributed by atoms with Crippen LogP contribution in [0, 0.1) is 6.92 Å². The number of carbonyl (C=O) groups excluding carboxylic acids is 1. The molecule has 2 heterocycles. The second kappa shape index (κ2) is 7.84. The van der Waals surface area contributed by atoms with Crippen LogP contribution in [0.15, 0.2) is 53.5 Å². The average Bonchev–Trinajstić information content (AvgIpc) is 3.12. The minimum atomic E-state index is -3.11. The molecule has 0 saturated carbocycles. The van der Waals surface area contributed by atoms with Gasteiger partial charge in [-0.25, -0.2) is 8.42 Å². The molecule has 0 aliphatic carbocycles. The molecule has 2 aromatic carbocycles.